The van der Waals surface area contributed by atoms with E-state index in [-0.39, 0.29) is 21.2 Å². The maximum Gasteiger partial charge on any atom is 0.417 e. The van der Waals surface area contributed by atoms with Crippen LogP contribution in [0.5, 0.6) is 11.5 Å². The van der Waals surface area contributed by atoms with Gasteiger partial charge in [-0.1, -0.05) is 18.2 Å². The molecule has 0 radical (unpaired) electrons. The molecular weight excluding hydrogens is 419 g/mol. The minimum absolute atomic E-state index is 0.0842. The van der Waals surface area contributed by atoms with E-state index >= 15 is 0 Å². The number of aromatic nitrogens is 1. The Morgan fingerprint density at radius 1 is 1.27 bits per heavy atom. The molecule has 1 aromatic heterocycles. The number of benzene rings is 2. The molecule has 10 heteroatoms. The van der Waals surface area contributed by atoms with E-state index in [1.807, 2.05) is 0 Å². The molecule has 6 nitrogen and oxygen atoms in total. The van der Waals surface area contributed by atoms with E-state index in [2.05, 4.69) is 15.5 Å². The number of nitrogens with one attached hydrogen (secondary N) is 1. The monoisotopic (exact) mass is 435 g/mol. The Hall–Kier alpha value is -3.40. The number of methoxy groups -OCH3 is 1. The van der Waals surface area contributed by atoms with Gasteiger partial charge in [0.15, 0.2) is 11.5 Å². The number of aromatic hydroxyl groups is 1. The Morgan fingerprint density at radius 2 is 2.00 bits per heavy atom. The zero-order valence-electron chi connectivity index (χ0n) is 15.8. The number of alkyl halides is 3. The van der Waals surface area contributed by atoms with Crippen molar-refractivity contribution in [3.8, 4) is 22.1 Å². The van der Waals surface area contributed by atoms with E-state index in [1.165, 1.54) is 50.6 Å². The number of carbonyl (C=O) groups excluding carboxylic acids is 1. The van der Waals surface area contributed by atoms with Crippen LogP contribution >= 0.6 is 11.3 Å². The van der Waals surface area contributed by atoms with Gasteiger partial charge in [-0.25, -0.2) is 10.4 Å². The van der Waals surface area contributed by atoms with Gasteiger partial charge < -0.3 is 9.84 Å². The van der Waals surface area contributed by atoms with Crippen LogP contribution in [0.15, 0.2) is 47.6 Å². The summed E-state index contributed by atoms with van der Waals surface area (Å²) in [4.78, 5) is 16.7. The Balaban J connectivity index is 1.79. The predicted octanol–water partition coefficient (Wildman–Crippen LogP) is 4.62. The van der Waals surface area contributed by atoms with Crippen molar-refractivity contribution < 1.29 is 27.8 Å². The summed E-state index contributed by atoms with van der Waals surface area (Å²) < 4.78 is 44.7. The predicted molar refractivity (Wildman–Crippen MR) is 107 cm³/mol. The molecule has 2 N–H and O–H groups in total. The zero-order chi connectivity index (χ0) is 21.9. The van der Waals surface area contributed by atoms with E-state index in [9.17, 15) is 23.1 Å². The van der Waals surface area contributed by atoms with E-state index in [1.54, 1.807) is 6.07 Å². The lowest BCUT2D eigenvalue weighted by Gasteiger charge is -2.10. The van der Waals surface area contributed by atoms with Crippen molar-refractivity contribution in [2.75, 3.05) is 7.11 Å². The van der Waals surface area contributed by atoms with Gasteiger partial charge in [0, 0.05) is 5.56 Å². The van der Waals surface area contributed by atoms with Gasteiger partial charge in [-0.2, -0.15) is 18.3 Å². The molecule has 0 aliphatic carbocycles. The average Bonchev–Trinajstić information content (AvgIpc) is 3.09. The maximum atomic E-state index is 13.3. The van der Waals surface area contributed by atoms with Crippen LogP contribution in [0, 0.1) is 6.92 Å². The number of hydrogen-bond donors (Lipinski definition) is 2. The number of halogens is 3. The first-order valence-electron chi connectivity index (χ1n) is 8.55. The molecule has 0 fully saturated rings. The highest BCUT2D eigenvalue weighted by atomic mass is 32.1. The normalized spacial score (nSPS) is 11.6. The molecule has 0 unspecified atom stereocenters. The summed E-state index contributed by atoms with van der Waals surface area (Å²) in [5.74, 6) is -0.392. The number of hydrazone groups is 1. The van der Waals surface area contributed by atoms with Crippen molar-refractivity contribution in [2.24, 2.45) is 5.10 Å². The van der Waals surface area contributed by atoms with Crippen LogP contribution < -0.4 is 10.2 Å². The molecule has 3 rings (SSSR count). The highest BCUT2D eigenvalue weighted by molar-refractivity contribution is 7.17. The van der Waals surface area contributed by atoms with Crippen LogP contribution in [0.3, 0.4) is 0 Å². The van der Waals surface area contributed by atoms with E-state index in [0.29, 0.717) is 17.0 Å². The van der Waals surface area contributed by atoms with E-state index < -0.39 is 17.6 Å². The van der Waals surface area contributed by atoms with Gasteiger partial charge in [0.1, 0.15) is 9.88 Å². The molecule has 1 heterocycles. The fourth-order valence-electron chi connectivity index (χ4n) is 2.64. The van der Waals surface area contributed by atoms with Crippen LogP contribution in [0.4, 0.5) is 13.2 Å². The van der Waals surface area contributed by atoms with Crippen LogP contribution in [-0.2, 0) is 6.18 Å². The van der Waals surface area contributed by atoms with Crippen molar-refractivity contribution >= 4 is 23.5 Å². The largest absolute Gasteiger partial charge is 0.504 e. The molecule has 3 aromatic rings. The Labute approximate surface area is 173 Å². The standard InChI is InChI=1S/C20H16F3N3O3S/c1-11-17(18(28)26-24-10-12-7-8-16(29-2)15(27)9-12)30-19(25-11)13-5-3-4-6-14(13)20(21,22)23/h3-10,27H,1-2H3,(H,26,28)/b24-10+. The molecule has 1 amide bonds. The van der Waals surface area contributed by atoms with Crippen molar-refractivity contribution in [1.29, 1.82) is 0 Å². The molecule has 0 saturated carbocycles. The first-order chi connectivity index (χ1) is 14.2. The van der Waals surface area contributed by atoms with Crippen LogP contribution in [0.2, 0.25) is 0 Å². The van der Waals surface area contributed by atoms with Crippen molar-refractivity contribution in [1.82, 2.24) is 10.4 Å². The van der Waals surface area contributed by atoms with Crippen molar-refractivity contribution in [3.05, 3.63) is 64.2 Å². The molecule has 0 atom stereocenters. The van der Waals surface area contributed by atoms with Gasteiger partial charge in [0.25, 0.3) is 5.91 Å². The first-order valence-corrected chi connectivity index (χ1v) is 9.36. The summed E-state index contributed by atoms with van der Waals surface area (Å²) in [5, 5.41) is 13.7. The van der Waals surface area contributed by atoms with Gasteiger partial charge in [0.2, 0.25) is 0 Å². The second-order valence-electron chi connectivity index (χ2n) is 6.11. The third kappa shape index (κ3) is 4.60. The van der Waals surface area contributed by atoms with Gasteiger partial charge in [0.05, 0.1) is 24.6 Å². The van der Waals surface area contributed by atoms with Crippen LogP contribution in [0.25, 0.3) is 10.6 Å². The second-order valence-corrected chi connectivity index (χ2v) is 7.11. The number of aryl methyl sites for hydroxylation is 1. The maximum absolute atomic E-state index is 13.3. The number of rotatable bonds is 5. The molecule has 0 saturated heterocycles. The Bertz CT molecular complexity index is 1110. The fourth-order valence-corrected chi connectivity index (χ4v) is 3.64. The van der Waals surface area contributed by atoms with Gasteiger partial charge in [-0.3, -0.25) is 4.79 Å². The summed E-state index contributed by atoms with van der Waals surface area (Å²) in [6, 6.07) is 9.63. The number of ether oxygens (including phenoxy) is 1. The Kier molecular flexibility index (Phi) is 6.06. The Morgan fingerprint density at radius 3 is 2.67 bits per heavy atom. The number of amides is 1. The SMILES string of the molecule is COc1ccc(/C=N/NC(=O)c2sc(-c3ccccc3C(F)(F)F)nc2C)cc1O. The van der Waals surface area contributed by atoms with Crippen molar-refractivity contribution in [2.45, 2.75) is 13.1 Å². The number of phenols is 1. The second kappa shape index (κ2) is 8.54. The van der Waals surface area contributed by atoms with Gasteiger partial charge in [-0.05, 0) is 36.8 Å². The number of hydrogen-bond acceptors (Lipinski definition) is 6. The lowest BCUT2D eigenvalue weighted by atomic mass is 10.1. The molecular formula is C20H16F3N3O3S. The molecule has 30 heavy (non-hydrogen) atoms. The topological polar surface area (TPSA) is 83.8 Å². The third-order valence-corrected chi connectivity index (χ3v) is 5.24. The van der Waals surface area contributed by atoms with Crippen LogP contribution in [-0.4, -0.2) is 29.3 Å². The molecule has 0 aliphatic rings. The average molecular weight is 435 g/mol. The number of carbonyl (C=O) groups is 1. The van der Waals surface area contributed by atoms with Crippen LogP contribution in [0.1, 0.15) is 26.5 Å². The van der Waals surface area contributed by atoms with E-state index in [4.69, 9.17) is 4.74 Å². The third-order valence-electron chi connectivity index (χ3n) is 4.05. The summed E-state index contributed by atoms with van der Waals surface area (Å²) in [6.45, 7) is 1.54. The highest BCUT2D eigenvalue weighted by Crippen LogP contribution is 2.39. The summed E-state index contributed by atoms with van der Waals surface area (Å²) in [5.41, 5.74) is 2.21. The lowest BCUT2D eigenvalue weighted by Crippen LogP contribution is -2.17. The van der Waals surface area contributed by atoms with Crippen molar-refractivity contribution in [3.63, 3.8) is 0 Å². The number of phenolic OH excluding ortho intramolecular Hbond substituents is 1. The minimum Gasteiger partial charge on any atom is -0.504 e. The summed E-state index contributed by atoms with van der Waals surface area (Å²) >= 11 is 0.851. The zero-order valence-corrected chi connectivity index (χ0v) is 16.6. The smallest absolute Gasteiger partial charge is 0.417 e. The quantitative estimate of drug-likeness (QED) is 0.453. The first kappa shape index (κ1) is 21.3. The molecule has 0 bridgehead atoms. The van der Waals surface area contributed by atoms with Gasteiger partial charge >= 0.3 is 6.18 Å². The number of nitrogens with zero attached hydrogens (tertiary/aromatic N) is 2. The minimum atomic E-state index is -4.53. The van der Waals surface area contributed by atoms with Gasteiger partial charge in [-0.15, -0.1) is 11.3 Å². The molecule has 2 aromatic carbocycles. The summed E-state index contributed by atoms with van der Waals surface area (Å²) in [7, 11) is 1.42. The summed E-state index contributed by atoms with van der Waals surface area (Å²) in [6.07, 6.45) is -3.22. The fraction of sp³-hybridized carbons (Fsp3) is 0.150. The molecule has 156 valence electrons. The number of thiazole rings is 1. The lowest BCUT2D eigenvalue weighted by molar-refractivity contribution is -0.137. The molecule has 0 spiro atoms. The highest BCUT2D eigenvalue weighted by Gasteiger charge is 2.34. The molecule has 0 aliphatic heterocycles. The van der Waals surface area contributed by atoms with E-state index in [0.717, 1.165) is 17.4 Å².